The van der Waals surface area contributed by atoms with Gasteiger partial charge in [0.1, 0.15) is 0 Å². The molecule has 2 aromatic carbocycles. The number of pyridine rings is 1. The van der Waals surface area contributed by atoms with Crippen LogP contribution in [0, 0.1) is 10.1 Å². The predicted molar refractivity (Wildman–Crippen MR) is 98.4 cm³/mol. The van der Waals surface area contributed by atoms with Gasteiger partial charge in [-0.3, -0.25) is 19.9 Å². The van der Waals surface area contributed by atoms with Crippen molar-refractivity contribution in [3.05, 3.63) is 87.6 Å². The van der Waals surface area contributed by atoms with Crippen molar-refractivity contribution in [3.8, 4) is 17.0 Å². The Morgan fingerprint density at radius 3 is 2.52 bits per heavy atom. The van der Waals surface area contributed by atoms with Gasteiger partial charge < -0.3 is 10.4 Å². The van der Waals surface area contributed by atoms with E-state index in [-0.39, 0.29) is 86.0 Å². The fourth-order valence-electron chi connectivity index (χ4n) is 2.74. The zero-order chi connectivity index (χ0) is 21.9. The van der Waals surface area contributed by atoms with E-state index in [0.29, 0.717) is 0 Å². The van der Waals surface area contributed by atoms with Crippen LogP contribution in [0.25, 0.3) is 11.3 Å². The first-order chi connectivity index (χ1) is 14.1. The van der Waals surface area contributed by atoms with Crippen molar-refractivity contribution in [3.63, 3.8) is 0 Å². The number of hydrogen-bond acceptors (Lipinski definition) is 5. The third-order valence-corrected chi connectivity index (χ3v) is 4.17. The van der Waals surface area contributed by atoms with Gasteiger partial charge in [0.2, 0.25) is 0 Å². The van der Waals surface area contributed by atoms with Crippen LogP contribution in [0.2, 0.25) is 0 Å². The van der Waals surface area contributed by atoms with Crippen LogP contribution in [0.4, 0.5) is 18.9 Å². The molecule has 11 heteroatoms. The van der Waals surface area contributed by atoms with Crippen molar-refractivity contribution in [1.29, 1.82) is 0 Å². The first-order valence-electron chi connectivity index (χ1n) is 8.51. The van der Waals surface area contributed by atoms with E-state index in [9.17, 15) is 33.2 Å². The largest absolute Gasteiger partial charge is 1.00 e. The molecule has 3 aromatic rings. The van der Waals surface area contributed by atoms with E-state index in [1.54, 1.807) is 0 Å². The number of hydrogen-bond donors (Lipinski definition) is 1. The summed E-state index contributed by atoms with van der Waals surface area (Å²) in [5.41, 5.74) is -0.834. The molecule has 0 unspecified atom stereocenters. The molecule has 0 saturated heterocycles. The van der Waals surface area contributed by atoms with Crippen molar-refractivity contribution in [2.75, 3.05) is 0 Å². The summed E-state index contributed by atoms with van der Waals surface area (Å²) < 4.78 is 38.4. The van der Waals surface area contributed by atoms with Crippen LogP contribution in [0.5, 0.6) is 5.75 Å². The molecule has 0 aliphatic carbocycles. The van der Waals surface area contributed by atoms with E-state index in [1.165, 1.54) is 30.5 Å². The minimum atomic E-state index is -4.50. The first kappa shape index (κ1) is 25.0. The molecular formula is C20H13F3KN3O4. The normalized spacial score (nSPS) is 10.8. The Bertz CT molecular complexity index is 1120. The summed E-state index contributed by atoms with van der Waals surface area (Å²) in [5.74, 6) is -1.08. The molecule has 1 N–H and O–H groups in total. The summed E-state index contributed by atoms with van der Waals surface area (Å²) in [4.78, 5) is 26.9. The van der Waals surface area contributed by atoms with E-state index in [2.05, 4.69) is 10.3 Å². The second-order valence-electron chi connectivity index (χ2n) is 6.25. The van der Waals surface area contributed by atoms with Gasteiger partial charge in [-0.15, -0.1) is 5.75 Å². The number of benzene rings is 2. The van der Waals surface area contributed by atoms with E-state index < -0.39 is 28.3 Å². The van der Waals surface area contributed by atoms with Gasteiger partial charge in [0, 0.05) is 24.4 Å². The zero-order valence-corrected chi connectivity index (χ0v) is 19.3. The Balaban J connectivity index is 0.00000341. The number of nitro groups is 1. The third kappa shape index (κ3) is 6.34. The number of nitrogens with zero attached hydrogens (tertiary/aromatic N) is 2. The van der Waals surface area contributed by atoms with Crippen LogP contribution < -0.4 is 61.8 Å². The average molecular weight is 455 g/mol. The van der Waals surface area contributed by atoms with Crippen molar-refractivity contribution < 1.29 is 79.4 Å². The second-order valence-corrected chi connectivity index (χ2v) is 6.25. The number of carbonyl (C=O) groups is 1. The van der Waals surface area contributed by atoms with Gasteiger partial charge in [-0.2, -0.15) is 13.2 Å². The van der Waals surface area contributed by atoms with Crippen LogP contribution >= 0.6 is 0 Å². The van der Waals surface area contributed by atoms with Crippen molar-refractivity contribution in [1.82, 2.24) is 10.3 Å². The average Bonchev–Trinajstić information content (AvgIpc) is 2.71. The molecule has 7 nitrogen and oxygen atoms in total. The summed E-state index contributed by atoms with van der Waals surface area (Å²) in [5, 5.41) is 25.3. The van der Waals surface area contributed by atoms with Gasteiger partial charge >= 0.3 is 57.6 Å². The summed E-state index contributed by atoms with van der Waals surface area (Å²) in [6.07, 6.45) is -3.25. The van der Waals surface area contributed by atoms with Crippen LogP contribution in [0.15, 0.2) is 60.8 Å². The standard InChI is InChI=1S/C20H14F3N3O4.K/c21-20(22,23)14-3-1-2-12(8-14)11-25-19(28)13-6-7-24-17(9-13)16-10-15(27)4-5-18(16)26(29)30;/h1-10,27H,11H2,(H,25,28);/q;+1/p-1. The number of alkyl halides is 3. The predicted octanol–water partition coefficient (Wildman–Crippen LogP) is 0.683. The number of rotatable bonds is 5. The Morgan fingerprint density at radius 1 is 1.10 bits per heavy atom. The van der Waals surface area contributed by atoms with E-state index in [0.717, 1.165) is 30.3 Å². The van der Waals surface area contributed by atoms with Gasteiger partial charge in [0.25, 0.3) is 11.6 Å². The maximum absolute atomic E-state index is 12.8. The molecule has 0 aliphatic heterocycles. The minimum Gasteiger partial charge on any atom is -0.872 e. The van der Waals surface area contributed by atoms with Gasteiger partial charge in [0.05, 0.1) is 21.7 Å². The smallest absolute Gasteiger partial charge is 0.872 e. The maximum atomic E-state index is 12.8. The quantitative estimate of drug-likeness (QED) is 0.346. The molecule has 1 aromatic heterocycles. The molecule has 0 spiro atoms. The van der Waals surface area contributed by atoms with Gasteiger partial charge in [0.15, 0.2) is 0 Å². The molecule has 31 heavy (non-hydrogen) atoms. The Kier molecular flexibility index (Phi) is 8.32. The van der Waals surface area contributed by atoms with Crippen LogP contribution in [-0.2, 0) is 12.7 Å². The van der Waals surface area contributed by atoms with Gasteiger partial charge in [-0.1, -0.05) is 24.3 Å². The van der Waals surface area contributed by atoms with Crippen molar-refractivity contribution >= 4 is 11.6 Å². The van der Waals surface area contributed by atoms with Crippen LogP contribution in [-0.4, -0.2) is 15.8 Å². The number of nitro benzene ring substituents is 1. The van der Waals surface area contributed by atoms with Crippen molar-refractivity contribution in [2.24, 2.45) is 0 Å². The van der Waals surface area contributed by atoms with Crippen LogP contribution in [0.1, 0.15) is 21.5 Å². The van der Waals surface area contributed by atoms with Crippen molar-refractivity contribution in [2.45, 2.75) is 12.7 Å². The van der Waals surface area contributed by atoms with Gasteiger partial charge in [-0.25, -0.2) is 0 Å². The Labute approximate surface area is 216 Å². The number of halogens is 3. The first-order valence-corrected chi connectivity index (χ1v) is 8.51. The number of carbonyl (C=O) groups excluding carboxylic acids is 1. The molecule has 154 valence electrons. The SMILES string of the molecule is O=C(NCc1cccc(C(F)(F)F)c1)c1ccnc(-c2cc([O-])ccc2[N+](=O)[O-])c1.[K+]. The molecule has 1 amide bonds. The zero-order valence-electron chi connectivity index (χ0n) is 16.1. The topological polar surface area (TPSA) is 108 Å². The molecule has 0 radical (unpaired) electrons. The molecule has 1 heterocycles. The summed E-state index contributed by atoms with van der Waals surface area (Å²) >= 11 is 0. The number of nitrogens with one attached hydrogen (secondary N) is 1. The fourth-order valence-corrected chi connectivity index (χ4v) is 2.74. The van der Waals surface area contributed by atoms with E-state index in [4.69, 9.17) is 0 Å². The fraction of sp³-hybridized carbons (Fsp3) is 0.100. The van der Waals surface area contributed by atoms with Gasteiger partial charge in [-0.05, 0) is 29.8 Å². The molecule has 0 atom stereocenters. The summed E-state index contributed by atoms with van der Waals surface area (Å²) in [6, 6.07) is 10.3. The monoisotopic (exact) mass is 455 g/mol. The molecule has 0 fully saturated rings. The maximum Gasteiger partial charge on any atom is 1.00 e. The molecule has 0 bridgehead atoms. The summed E-state index contributed by atoms with van der Waals surface area (Å²) in [7, 11) is 0. The summed E-state index contributed by atoms with van der Waals surface area (Å²) in [6.45, 7) is -0.156. The second kappa shape index (κ2) is 10.3. The number of amides is 1. The molecule has 0 saturated carbocycles. The van der Waals surface area contributed by atoms with E-state index in [1.807, 2.05) is 0 Å². The minimum absolute atomic E-state index is 0. The van der Waals surface area contributed by atoms with E-state index >= 15 is 0 Å². The molecular weight excluding hydrogens is 442 g/mol. The number of aromatic nitrogens is 1. The third-order valence-electron chi connectivity index (χ3n) is 4.17. The Hall–Kier alpha value is -2.31. The Morgan fingerprint density at radius 2 is 1.84 bits per heavy atom. The molecule has 0 aliphatic rings. The molecule has 3 rings (SSSR count). The van der Waals surface area contributed by atoms with Crippen LogP contribution in [0.3, 0.4) is 0 Å².